The molecule has 0 saturated heterocycles. The van der Waals surface area contributed by atoms with Crippen LogP contribution in [-0.2, 0) is 6.54 Å². The van der Waals surface area contributed by atoms with E-state index in [2.05, 4.69) is 25.8 Å². The number of benzene rings is 2. The van der Waals surface area contributed by atoms with Gasteiger partial charge in [-0.25, -0.2) is 4.98 Å². The fourth-order valence-electron chi connectivity index (χ4n) is 2.33. The molecule has 0 spiro atoms. The standard InChI is InChI=1S/C18H19N5O/c1-12-21-17(23-22-12)14-7-9-16(10-8-14)20-11-13-3-5-15(6-4-13)18(24)19-2/h3-10,20H,11H2,1-2H3,(H,19,24)(H,21,22,23). The van der Waals surface area contributed by atoms with Gasteiger partial charge in [-0.1, -0.05) is 12.1 Å². The summed E-state index contributed by atoms with van der Waals surface area (Å²) >= 11 is 0. The van der Waals surface area contributed by atoms with E-state index >= 15 is 0 Å². The molecule has 0 unspecified atom stereocenters. The third-order valence-electron chi connectivity index (χ3n) is 3.68. The maximum atomic E-state index is 11.5. The number of hydrogen-bond acceptors (Lipinski definition) is 4. The molecule has 0 atom stereocenters. The first-order valence-electron chi connectivity index (χ1n) is 7.70. The molecule has 0 fully saturated rings. The van der Waals surface area contributed by atoms with Gasteiger partial charge in [0.15, 0.2) is 5.82 Å². The third kappa shape index (κ3) is 3.60. The van der Waals surface area contributed by atoms with E-state index in [1.165, 1.54) is 0 Å². The predicted octanol–water partition coefficient (Wildman–Crippen LogP) is 2.75. The van der Waals surface area contributed by atoms with Gasteiger partial charge in [0.25, 0.3) is 5.91 Å². The Morgan fingerprint density at radius 3 is 2.38 bits per heavy atom. The Labute approximate surface area is 140 Å². The van der Waals surface area contributed by atoms with Gasteiger partial charge in [-0.2, -0.15) is 5.10 Å². The van der Waals surface area contributed by atoms with Crippen molar-refractivity contribution in [2.24, 2.45) is 0 Å². The molecular weight excluding hydrogens is 302 g/mol. The Morgan fingerprint density at radius 2 is 1.79 bits per heavy atom. The molecule has 1 aromatic heterocycles. The first-order chi connectivity index (χ1) is 11.7. The molecule has 2 aromatic carbocycles. The van der Waals surface area contributed by atoms with Gasteiger partial charge in [0.05, 0.1) is 0 Å². The molecule has 6 nitrogen and oxygen atoms in total. The maximum absolute atomic E-state index is 11.5. The highest BCUT2D eigenvalue weighted by Gasteiger charge is 2.04. The van der Waals surface area contributed by atoms with Gasteiger partial charge in [-0.15, -0.1) is 0 Å². The summed E-state index contributed by atoms with van der Waals surface area (Å²) in [5, 5.41) is 13.0. The molecule has 0 saturated carbocycles. The lowest BCUT2D eigenvalue weighted by Gasteiger charge is -2.08. The fraction of sp³-hybridized carbons (Fsp3) is 0.167. The van der Waals surface area contributed by atoms with Crippen LogP contribution in [0.3, 0.4) is 0 Å². The van der Waals surface area contributed by atoms with Crippen LogP contribution in [0.15, 0.2) is 48.5 Å². The molecular formula is C18H19N5O. The van der Waals surface area contributed by atoms with Crippen molar-refractivity contribution in [3.63, 3.8) is 0 Å². The highest BCUT2D eigenvalue weighted by molar-refractivity contribution is 5.93. The van der Waals surface area contributed by atoms with E-state index in [0.717, 1.165) is 22.6 Å². The number of amides is 1. The second-order valence-corrected chi connectivity index (χ2v) is 5.45. The summed E-state index contributed by atoms with van der Waals surface area (Å²) in [5.41, 5.74) is 3.75. The SMILES string of the molecule is CNC(=O)c1ccc(CNc2ccc(-c3n[nH]c(C)n3)cc2)cc1. The summed E-state index contributed by atoms with van der Waals surface area (Å²) in [6, 6.07) is 15.5. The number of aryl methyl sites for hydroxylation is 1. The van der Waals surface area contributed by atoms with Crippen LogP contribution in [0.1, 0.15) is 21.7 Å². The van der Waals surface area contributed by atoms with Crippen molar-refractivity contribution >= 4 is 11.6 Å². The summed E-state index contributed by atoms with van der Waals surface area (Å²) < 4.78 is 0. The van der Waals surface area contributed by atoms with Crippen LogP contribution in [0.2, 0.25) is 0 Å². The fourth-order valence-corrected chi connectivity index (χ4v) is 2.33. The lowest BCUT2D eigenvalue weighted by atomic mass is 10.1. The van der Waals surface area contributed by atoms with E-state index in [9.17, 15) is 4.79 Å². The Morgan fingerprint density at radius 1 is 1.08 bits per heavy atom. The number of aromatic nitrogens is 3. The zero-order valence-corrected chi connectivity index (χ0v) is 13.6. The summed E-state index contributed by atoms with van der Waals surface area (Å²) in [5.74, 6) is 1.42. The van der Waals surface area contributed by atoms with Gasteiger partial charge in [0.1, 0.15) is 5.82 Å². The molecule has 0 aliphatic carbocycles. The van der Waals surface area contributed by atoms with Gasteiger partial charge in [0.2, 0.25) is 0 Å². The van der Waals surface area contributed by atoms with E-state index in [4.69, 9.17) is 0 Å². The van der Waals surface area contributed by atoms with E-state index < -0.39 is 0 Å². The van der Waals surface area contributed by atoms with Crippen molar-refractivity contribution in [2.75, 3.05) is 12.4 Å². The number of rotatable bonds is 5. The van der Waals surface area contributed by atoms with Crippen LogP contribution in [0, 0.1) is 6.92 Å². The number of nitrogens with zero attached hydrogens (tertiary/aromatic N) is 2. The molecule has 122 valence electrons. The molecule has 1 heterocycles. The monoisotopic (exact) mass is 321 g/mol. The Balaban J connectivity index is 1.61. The normalized spacial score (nSPS) is 10.4. The van der Waals surface area contributed by atoms with E-state index in [1.54, 1.807) is 7.05 Å². The first kappa shape index (κ1) is 15.7. The lowest BCUT2D eigenvalue weighted by Crippen LogP contribution is -2.17. The van der Waals surface area contributed by atoms with Crippen molar-refractivity contribution in [1.82, 2.24) is 20.5 Å². The minimum atomic E-state index is -0.0766. The minimum absolute atomic E-state index is 0.0766. The molecule has 0 radical (unpaired) electrons. The number of hydrogen-bond donors (Lipinski definition) is 3. The van der Waals surface area contributed by atoms with Gasteiger partial charge < -0.3 is 10.6 Å². The number of nitrogens with one attached hydrogen (secondary N) is 3. The van der Waals surface area contributed by atoms with E-state index in [0.29, 0.717) is 17.9 Å². The van der Waals surface area contributed by atoms with E-state index in [1.807, 2.05) is 55.5 Å². The van der Waals surface area contributed by atoms with Crippen molar-refractivity contribution in [2.45, 2.75) is 13.5 Å². The second kappa shape index (κ2) is 6.95. The first-order valence-corrected chi connectivity index (χ1v) is 7.70. The van der Waals surface area contributed by atoms with Crippen molar-refractivity contribution < 1.29 is 4.79 Å². The van der Waals surface area contributed by atoms with Crippen molar-refractivity contribution in [3.8, 4) is 11.4 Å². The van der Waals surface area contributed by atoms with Crippen molar-refractivity contribution in [3.05, 3.63) is 65.5 Å². The minimum Gasteiger partial charge on any atom is -0.381 e. The average molecular weight is 321 g/mol. The number of aromatic amines is 1. The zero-order chi connectivity index (χ0) is 16.9. The van der Waals surface area contributed by atoms with Crippen LogP contribution in [-0.4, -0.2) is 28.1 Å². The molecule has 3 N–H and O–H groups in total. The summed E-state index contributed by atoms with van der Waals surface area (Å²) in [6.45, 7) is 2.56. The second-order valence-electron chi connectivity index (χ2n) is 5.45. The molecule has 6 heteroatoms. The molecule has 3 aromatic rings. The molecule has 0 aliphatic rings. The van der Waals surface area contributed by atoms with Gasteiger partial charge >= 0.3 is 0 Å². The number of carbonyl (C=O) groups is 1. The summed E-state index contributed by atoms with van der Waals surface area (Å²) in [7, 11) is 1.63. The highest BCUT2D eigenvalue weighted by atomic mass is 16.1. The van der Waals surface area contributed by atoms with E-state index in [-0.39, 0.29) is 5.91 Å². The Kier molecular flexibility index (Phi) is 4.56. The van der Waals surface area contributed by atoms with Crippen molar-refractivity contribution in [1.29, 1.82) is 0 Å². The van der Waals surface area contributed by atoms with Crippen LogP contribution < -0.4 is 10.6 Å². The van der Waals surface area contributed by atoms with Gasteiger partial charge in [-0.05, 0) is 48.9 Å². The quantitative estimate of drug-likeness (QED) is 0.675. The topological polar surface area (TPSA) is 82.7 Å². The third-order valence-corrected chi connectivity index (χ3v) is 3.68. The number of carbonyl (C=O) groups excluding carboxylic acids is 1. The van der Waals surface area contributed by atoms with Crippen LogP contribution in [0.5, 0.6) is 0 Å². The smallest absolute Gasteiger partial charge is 0.251 e. The number of H-pyrrole nitrogens is 1. The molecule has 1 amide bonds. The maximum Gasteiger partial charge on any atom is 0.251 e. The molecule has 0 bridgehead atoms. The average Bonchev–Trinajstić information content (AvgIpc) is 3.06. The summed E-state index contributed by atoms with van der Waals surface area (Å²) in [4.78, 5) is 15.8. The number of anilines is 1. The predicted molar refractivity (Wildman–Crippen MR) is 93.7 cm³/mol. The van der Waals surface area contributed by atoms with Gasteiger partial charge in [-0.3, -0.25) is 9.89 Å². The molecule has 0 aliphatic heterocycles. The lowest BCUT2D eigenvalue weighted by molar-refractivity contribution is 0.0963. The van der Waals surface area contributed by atoms with Crippen LogP contribution in [0.4, 0.5) is 5.69 Å². The summed E-state index contributed by atoms with van der Waals surface area (Å²) in [6.07, 6.45) is 0. The van der Waals surface area contributed by atoms with Crippen LogP contribution >= 0.6 is 0 Å². The highest BCUT2D eigenvalue weighted by Crippen LogP contribution is 2.18. The largest absolute Gasteiger partial charge is 0.381 e. The molecule has 3 rings (SSSR count). The zero-order valence-electron chi connectivity index (χ0n) is 13.6. The Bertz CT molecular complexity index is 821. The Hall–Kier alpha value is -3.15. The van der Waals surface area contributed by atoms with Gasteiger partial charge in [0, 0.05) is 30.4 Å². The van der Waals surface area contributed by atoms with Crippen LogP contribution in [0.25, 0.3) is 11.4 Å². The molecule has 24 heavy (non-hydrogen) atoms.